The van der Waals surface area contributed by atoms with Crippen molar-refractivity contribution in [1.29, 1.82) is 0 Å². The molecule has 0 aliphatic heterocycles. The molecule has 0 amide bonds. The zero-order chi connectivity index (χ0) is 24.0. The summed E-state index contributed by atoms with van der Waals surface area (Å²) < 4.78 is 173. The van der Waals surface area contributed by atoms with Crippen molar-refractivity contribution in [1.82, 2.24) is 0 Å². The molecule has 30 heavy (non-hydrogen) atoms. The second kappa shape index (κ2) is 7.89. The normalized spacial score (nSPS) is 22.7. The standard InChI is InChI=1S/C14H13F13O3/c15-5-8(28)30-10(13(22,23)24,14(25,26)27)7-3-1-6(2-4-7)9(29,11(16,17)18)12(19,20)21/h6-7,29H,1-5H2. The smallest absolute Gasteiger partial charge is 0.437 e. The number of carbonyl (C=O) groups excluding carboxylic acids is 1. The molecule has 1 rings (SSSR count). The van der Waals surface area contributed by atoms with E-state index in [4.69, 9.17) is 0 Å². The first kappa shape index (κ1) is 26.6. The van der Waals surface area contributed by atoms with E-state index in [1.54, 1.807) is 0 Å². The van der Waals surface area contributed by atoms with Gasteiger partial charge in [-0.1, -0.05) is 0 Å². The molecule has 0 heterocycles. The molecule has 16 heteroatoms. The van der Waals surface area contributed by atoms with Crippen LogP contribution >= 0.6 is 0 Å². The van der Waals surface area contributed by atoms with Gasteiger partial charge in [0, 0.05) is 11.8 Å². The van der Waals surface area contributed by atoms with E-state index in [9.17, 15) is 67.0 Å². The van der Waals surface area contributed by atoms with Crippen LogP contribution in [0.25, 0.3) is 0 Å². The molecule has 0 unspecified atom stereocenters. The molecular weight excluding hydrogens is 463 g/mol. The average Bonchev–Trinajstić information content (AvgIpc) is 2.54. The van der Waals surface area contributed by atoms with E-state index in [-0.39, 0.29) is 0 Å². The van der Waals surface area contributed by atoms with Crippen LogP contribution in [0.2, 0.25) is 0 Å². The van der Waals surface area contributed by atoms with Gasteiger partial charge in [0.25, 0.3) is 5.60 Å². The summed E-state index contributed by atoms with van der Waals surface area (Å²) in [7, 11) is 0. The van der Waals surface area contributed by atoms with Crippen LogP contribution < -0.4 is 0 Å². The number of esters is 1. The summed E-state index contributed by atoms with van der Waals surface area (Å²) in [6.45, 7) is -2.40. The maximum atomic E-state index is 13.3. The number of alkyl halides is 13. The molecule has 1 aliphatic carbocycles. The van der Waals surface area contributed by atoms with Gasteiger partial charge in [0.2, 0.25) is 0 Å². The quantitative estimate of drug-likeness (QED) is 0.458. The van der Waals surface area contributed by atoms with Crippen molar-refractivity contribution < 1.29 is 71.7 Å². The van der Waals surface area contributed by atoms with Gasteiger partial charge in [-0.2, -0.15) is 52.7 Å². The van der Waals surface area contributed by atoms with Crippen molar-refractivity contribution in [3.05, 3.63) is 0 Å². The summed E-state index contributed by atoms with van der Waals surface area (Å²) in [5.41, 5.74) is -10.7. The van der Waals surface area contributed by atoms with Gasteiger partial charge >= 0.3 is 36.3 Å². The van der Waals surface area contributed by atoms with Crippen LogP contribution in [0.15, 0.2) is 0 Å². The molecule has 0 spiro atoms. The third-order valence-corrected chi connectivity index (χ3v) is 4.98. The van der Waals surface area contributed by atoms with E-state index in [0.29, 0.717) is 0 Å². The lowest BCUT2D eigenvalue weighted by molar-refractivity contribution is -0.399. The van der Waals surface area contributed by atoms with Crippen molar-refractivity contribution in [3.8, 4) is 0 Å². The molecule has 0 saturated heterocycles. The van der Waals surface area contributed by atoms with E-state index in [2.05, 4.69) is 4.74 Å². The van der Waals surface area contributed by atoms with Gasteiger partial charge in [-0.25, -0.2) is 9.18 Å². The van der Waals surface area contributed by atoms with Crippen LogP contribution in [0.5, 0.6) is 0 Å². The summed E-state index contributed by atoms with van der Waals surface area (Å²) in [6, 6.07) is 0. The van der Waals surface area contributed by atoms with Crippen molar-refractivity contribution in [3.63, 3.8) is 0 Å². The molecule has 0 bridgehead atoms. The average molecular weight is 476 g/mol. The zero-order valence-corrected chi connectivity index (χ0v) is 14.4. The SMILES string of the molecule is O=C(CF)OC(C1CCC(C(O)(C(F)(F)F)C(F)(F)F)CC1)(C(F)(F)F)C(F)(F)F. The predicted molar refractivity (Wildman–Crippen MR) is 69.4 cm³/mol. The monoisotopic (exact) mass is 476 g/mol. The third kappa shape index (κ3) is 4.28. The number of hydrogen-bond acceptors (Lipinski definition) is 3. The zero-order valence-electron chi connectivity index (χ0n) is 14.4. The van der Waals surface area contributed by atoms with Crippen LogP contribution in [0.3, 0.4) is 0 Å². The Balaban J connectivity index is 3.36. The molecule has 1 fully saturated rings. The number of hydrogen-bond donors (Lipinski definition) is 1. The van der Waals surface area contributed by atoms with Gasteiger partial charge in [-0.3, -0.25) is 0 Å². The van der Waals surface area contributed by atoms with Crippen LogP contribution in [0, 0.1) is 11.8 Å². The van der Waals surface area contributed by atoms with Crippen molar-refractivity contribution >= 4 is 5.97 Å². The molecule has 3 nitrogen and oxygen atoms in total. The highest BCUT2D eigenvalue weighted by Gasteiger charge is 2.79. The highest BCUT2D eigenvalue weighted by atomic mass is 19.4. The highest BCUT2D eigenvalue weighted by Crippen LogP contribution is 2.58. The second-order valence-electron chi connectivity index (χ2n) is 6.65. The fourth-order valence-electron chi connectivity index (χ4n) is 3.57. The summed E-state index contributed by atoms with van der Waals surface area (Å²) in [4.78, 5) is 10.9. The number of ether oxygens (including phenoxy) is 1. The van der Waals surface area contributed by atoms with Crippen molar-refractivity contribution in [2.45, 2.75) is 61.6 Å². The Kier molecular flexibility index (Phi) is 6.99. The Morgan fingerprint density at radius 2 is 1.03 bits per heavy atom. The number of rotatable bonds is 4. The van der Waals surface area contributed by atoms with Crippen LogP contribution in [-0.4, -0.2) is 53.7 Å². The Hall–Kier alpha value is -1.48. The van der Waals surface area contributed by atoms with E-state index in [1.165, 1.54) is 0 Å². The van der Waals surface area contributed by atoms with E-state index < -0.39 is 86.1 Å². The lowest BCUT2D eigenvalue weighted by atomic mass is 9.67. The molecule has 0 radical (unpaired) electrons. The summed E-state index contributed by atoms with van der Waals surface area (Å²) in [5.74, 6) is -8.26. The summed E-state index contributed by atoms with van der Waals surface area (Å²) >= 11 is 0. The Labute approximate surface area is 159 Å². The molecule has 0 aromatic carbocycles. The van der Waals surface area contributed by atoms with Crippen LogP contribution in [-0.2, 0) is 9.53 Å². The molecule has 178 valence electrons. The summed E-state index contributed by atoms with van der Waals surface area (Å²) in [6.07, 6.45) is -31.8. The number of aliphatic hydroxyl groups is 1. The van der Waals surface area contributed by atoms with Crippen LogP contribution in [0.4, 0.5) is 57.1 Å². The van der Waals surface area contributed by atoms with E-state index >= 15 is 0 Å². The molecule has 0 aromatic rings. The number of halogens is 13. The van der Waals surface area contributed by atoms with E-state index in [0.717, 1.165) is 0 Å². The first-order chi connectivity index (χ1) is 13.2. The first-order valence-electron chi connectivity index (χ1n) is 7.93. The lowest BCUT2D eigenvalue weighted by Gasteiger charge is -2.47. The van der Waals surface area contributed by atoms with Crippen molar-refractivity contribution in [2.24, 2.45) is 11.8 Å². The molecule has 1 saturated carbocycles. The lowest BCUT2D eigenvalue weighted by Crippen LogP contribution is -2.66. The largest absolute Gasteiger partial charge is 0.437 e. The fourth-order valence-corrected chi connectivity index (χ4v) is 3.57. The molecule has 1 aliphatic rings. The Bertz CT molecular complexity index is 581. The first-order valence-corrected chi connectivity index (χ1v) is 7.93. The third-order valence-electron chi connectivity index (χ3n) is 4.98. The molecule has 0 aromatic heterocycles. The Morgan fingerprint density at radius 1 is 0.700 bits per heavy atom. The molecule has 1 N–H and O–H groups in total. The second-order valence-corrected chi connectivity index (χ2v) is 6.65. The van der Waals surface area contributed by atoms with Gasteiger partial charge < -0.3 is 9.84 Å². The van der Waals surface area contributed by atoms with Gasteiger partial charge in [0.1, 0.15) is 0 Å². The van der Waals surface area contributed by atoms with E-state index in [1.807, 2.05) is 0 Å². The van der Waals surface area contributed by atoms with Gasteiger partial charge in [0.15, 0.2) is 6.67 Å². The highest BCUT2D eigenvalue weighted by molar-refractivity contribution is 5.71. The maximum Gasteiger partial charge on any atom is 0.437 e. The predicted octanol–water partition coefficient (Wildman–Crippen LogP) is 5.02. The van der Waals surface area contributed by atoms with Crippen molar-refractivity contribution in [2.75, 3.05) is 6.67 Å². The minimum atomic E-state index is -6.42. The minimum absolute atomic E-state index is 1.57. The number of carbonyl (C=O) groups is 1. The molecule has 0 atom stereocenters. The topological polar surface area (TPSA) is 46.5 Å². The van der Waals surface area contributed by atoms with Gasteiger partial charge in [-0.15, -0.1) is 0 Å². The Morgan fingerprint density at radius 3 is 1.30 bits per heavy atom. The maximum absolute atomic E-state index is 13.3. The van der Waals surface area contributed by atoms with Gasteiger partial charge in [-0.05, 0) is 25.7 Å². The summed E-state index contributed by atoms with van der Waals surface area (Å²) in [5, 5.41) is 9.27. The fraction of sp³-hybridized carbons (Fsp3) is 0.929. The van der Waals surface area contributed by atoms with Crippen LogP contribution in [0.1, 0.15) is 25.7 Å². The minimum Gasteiger partial charge on any atom is -0.437 e. The molecular formula is C14H13F13O3. The van der Waals surface area contributed by atoms with Gasteiger partial charge in [0.05, 0.1) is 0 Å².